The Kier molecular flexibility index (Phi) is 6.68. The second-order valence-electron chi connectivity index (χ2n) is 4.34. The summed E-state index contributed by atoms with van der Waals surface area (Å²) in [7, 11) is 0. The van der Waals surface area contributed by atoms with Crippen LogP contribution in [-0.2, 0) is 9.53 Å². The highest BCUT2D eigenvalue weighted by Gasteiger charge is 2.15. The Morgan fingerprint density at radius 3 is 2.88 bits per heavy atom. The monoisotopic (exact) mass is 238 g/mol. The summed E-state index contributed by atoms with van der Waals surface area (Å²) in [5, 5.41) is 6.04. The topological polar surface area (TPSA) is 50.4 Å². The van der Waals surface area contributed by atoms with E-state index in [-0.39, 0.29) is 24.7 Å². The first kappa shape index (κ1) is 14.0. The molecule has 1 fully saturated rings. The molecule has 1 unspecified atom stereocenters. The lowest BCUT2D eigenvalue weighted by molar-refractivity contribution is -0.128. The molecule has 0 saturated carbocycles. The highest BCUT2D eigenvalue weighted by molar-refractivity contribution is 5.77. The van der Waals surface area contributed by atoms with E-state index in [1.807, 2.05) is 6.92 Å². The van der Waals surface area contributed by atoms with Gasteiger partial charge in [0, 0.05) is 0 Å². The summed E-state index contributed by atoms with van der Waals surface area (Å²) in [5.74, 6) is 2.46. The minimum atomic E-state index is -0.163. The molecule has 1 amide bonds. The van der Waals surface area contributed by atoms with E-state index in [2.05, 4.69) is 16.6 Å². The van der Waals surface area contributed by atoms with Gasteiger partial charge in [-0.05, 0) is 32.4 Å². The third-order valence-electron chi connectivity index (χ3n) is 2.85. The van der Waals surface area contributed by atoms with Crippen LogP contribution in [0.4, 0.5) is 0 Å². The first-order chi connectivity index (χ1) is 8.26. The van der Waals surface area contributed by atoms with Crippen molar-refractivity contribution in [3.05, 3.63) is 0 Å². The van der Waals surface area contributed by atoms with E-state index < -0.39 is 0 Å². The van der Waals surface area contributed by atoms with Crippen molar-refractivity contribution < 1.29 is 9.53 Å². The molecule has 1 saturated heterocycles. The fourth-order valence-electron chi connectivity index (χ4n) is 1.88. The normalized spacial score (nSPS) is 18.4. The molecule has 1 heterocycles. The number of carbonyl (C=O) groups excluding carboxylic acids is 1. The molecule has 1 aliphatic rings. The average Bonchev–Trinajstić information content (AvgIpc) is 2.37. The number of terminal acetylenes is 1. The fourth-order valence-corrected chi connectivity index (χ4v) is 1.88. The first-order valence-electron chi connectivity index (χ1n) is 6.34. The second kappa shape index (κ2) is 8.10. The molecule has 1 atom stereocenters. The van der Waals surface area contributed by atoms with Crippen molar-refractivity contribution in [2.75, 3.05) is 19.7 Å². The van der Waals surface area contributed by atoms with Gasteiger partial charge in [-0.15, -0.1) is 6.42 Å². The molecule has 4 heteroatoms. The maximum absolute atomic E-state index is 11.6. The van der Waals surface area contributed by atoms with Gasteiger partial charge in [0.2, 0.25) is 5.91 Å². The molecule has 0 aliphatic carbocycles. The second-order valence-corrected chi connectivity index (χ2v) is 4.34. The molecule has 96 valence electrons. The Morgan fingerprint density at radius 2 is 2.29 bits per heavy atom. The first-order valence-corrected chi connectivity index (χ1v) is 6.34. The molecule has 1 rings (SSSR count). The summed E-state index contributed by atoms with van der Waals surface area (Å²) in [5.41, 5.74) is 0. The number of amides is 1. The van der Waals surface area contributed by atoms with Crippen molar-refractivity contribution in [1.29, 1.82) is 0 Å². The van der Waals surface area contributed by atoms with Crippen LogP contribution in [0, 0.1) is 12.3 Å². The van der Waals surface area contributed by atoms with Gasteiger partial charge in [0.25, 0.3) is 0 Å². The van der Waals surface area contributed by atoms with Crippen LogP contribution in [0.25, 0.3) is 0 Å². The lowest BCUT2D eigenvalue weighted by Crippen LogP contribution is -2.39. The zero-order valence-corrected chi connectivity index (χ0v) is 10.5. The summed E-state index contributed by atoms with van der Waals surface area (Å²) in [4.78, 5) is 11.6. The number of hydrogen-bond acceptors (Lipinski definition) is 3. The SMILES string of the molecule is C#CC(CCC)NC(=O)COC1CCNCC1. The van der Waals surface area contributed by atoms with E-state index in [1.165, 1.54) is 0 Å². The highest BCUT2D eigenvalue weighted by atomic mass is 16.5. The van der Waals surface area contributed by atoms with Gasteiger partial charge in [0.15, 0.2) is 0 Å². The smallest absolute Gasteiger partial charge is 0.246 e. The van der Waals surface area contributed by atoms with Crippen LogP contribution in [0.5, 0.6) is 0 Å². The molecule has 0 spiro atoms. The van der Waals surface area contributed by atoms with Crippen molar-refractivity contribution in [2.24, 2.45) is 0 Å². The van der Waals surface area contributed by atoms with Crippen molar-refractivity contribution in [1.82, 2.24) is 10.6 Å². The molecular weight excluding hydrogens is 216 g/mol. The highest BCUT2D eigenvalue weighted by Crippen LogP contribution is 2.06. The predicted molar refractivity (Wildman–Crippen MR) is 67.5 cm³/mol. The summed E-state index contributed by atoms with van der Waals surface area (Å²) >= 11 is 0. The van der Waals surface area contributed by atoms with Crippen LogP contribution in [0.3, 0.4) is 0 Å². The fraction of sp³-hybridized carbons (Fsp3) is 0.769. The third-order valence-corrected chi connectivity index (χ3v) is 2.85. The number of rotatable bonds is 6. The van der Waals surface area contributed by atoms with E-state index in [0.717, 1.165) is 38.8 Å². The van der Waals surface area contributed by atoms with Gasteiger partial charge in [-0.2, -0.15) is 0 Å². The molecule has 0 aromatic rings. The number of ether oxygens (including phenoxy) is 1. The van der Waals surface area contributed by atoms with Gasteiger partial charge in [-0.3, -0.25) is 4.79 Å². The zero-order chi connectivity index (χ0) is 12.5. The summed E-state index contributed by atoms with van der Waals surface area (Å²) in [6.07, 6.45) is 9.26. The molecule has 17 heavy (non-hydrogen) atoms. The van der Waals surface area contributed by atoms with E-state index in [0.29, 0.717) is 0 Å². The van der Waals surface area contributed by atoms with Crippen LogP contribution in [-0.4, -0.2) is 37.7 Å². The number of piperidine rings is 1. The molecule has 0 aromatic carbocycles. The Bertz CT molecular complexity index is 267. The number of carbonyl (C=O) groups is 1. The molecular formula is C13H22N2O2. The van der Waals surface area contributed by atoms with Gasteiger partial charge in [0.05, 0.1) is 12.1 Å². The van der Waals surface area contributed by atoms with Crippen molar-refractivity contribution in [2.45, 2.75) is 44.8 Å². The van der Waals surface area contributed by atoms with Crippen LogP contribution in [0.2, 0.25) is 0 Å². The summed E-state index contributed by atoms with van der Waals surface area (Å²) in [6.45, 7) is 4.10. The Morgan fingerprint density at radius 1 is 1.59 bits per heavy atom. The zero-order valence-electron chi connectivity index (χ0n) is 10.5. The van der Waals surface area contributed by atoms with Gasteiger partial charge >= 0.3 is 0 Å². The van der Waals surface area contributed by atoms with Crippen molar-refractivity contribution in [3.8, 4) is 12.3 Å². The van der Waals surface area contributed by atoms with Crippen LogP contribution >= 0.6 is 0 Å². The minimum Gasteiger partial charge on any atom is -0.368 e. The van der Waals surface area contributed by atoms with Crippen molar-refractivity contribution >= 4 is 5.91 Å². The predicted octanol–water partition coefficient (Wildman–Crippen LogP) is 0.673. The van der Waals surface area contributed by atoms with Crippen LogP contribution < -0.4 is 10.6 Å². The van der Waals surface area contributed by atoms with Crippen molar-refractivity contribution in [3.63, 3.8) is 0 Å². The summed E-state index contributed by atoms with van der Waals surface area (Å²) in [6, 6.07) is -0.163. The molecule has 0 aromatic heterocycles. The molecule has 2 N–H and O–H groups in total. The molecule has 4 nitrogen and oxygen atoms in total. The number of nitrogens with one attached hydrogen (secondary N) is 2. The van der Waals surface area contributed by atoms with E-state index in [1.54, 1.807) is 0 Å². The van der Waals surface area contributed by atoms with E-state index in [9.17, 15) is 4.79 Å². The van der Waals surface area contributed by atoms with Gasteiger partial charge in [-0.1, -0.05) is 19.3 Å². The van der Waals surface area contributed by atoms with Gasteiger partial charge < -0.3 is 15.4 Å². The number of hydrogen-bond donors (Lipinski definition) is 2. The third kappa shape index (κ3) is 5.71. The standard InChI is InChI=1S/C13H22N2O2/c1-3-5-11(4-2)15-13(16)10-17-12-6-8-14-9-7-12/h2,11-12,14H,3,5-10H2,1H3,(H,15,16). The van der Waals surface area contributed by atoms with Gasteiger partial charge in [0.1, 0.15) is 6.61 Å². The quantitative estimate of drug-likeness (QED) is 0.669. The summed E-state index contributed by atoms with van der Waals surface area (Å²) < 4.78 is 5.55. The van der Waals surface area contributed by atoms with Gasteiger partial charge in [-0.25, -0.2) is 0 Å². The Hall–Kier alpha value is -1.05. The maximum Gasteiger partial charge on any atom is 0.246 e. The van der Waals surface area contributed by atoms with Crippen LogP contribution in [0.15, 0.2) is 0 Å². The molecule has 0 bridgehead atoms. The molecule has 1 aliphatic heterocycles. The average molecular weight is 238 g/mol. The minimum absolute atomic E-state index is 0.111. The van der Waals surface area contributed by atoms with E-state index >= 15 is 0 Å². The van der Waals surface area contributed by atoms with Crippen LogP contribution in [0.1, 0.15) is 32.6 Å². The Balaban J connectivity index is 2.17. The maximum atomic E-state index is 11.6. The largest absolute Gasteiger partial charge is 0.368 e. The lowest BCUT2D eigenvalue weighted by atomic mass is 10.1. The lowest BCUT2D eigenvalue weighted by Gasteiger charge is -2.23. The van der Waals surface area contributed by atoms with E-state index in [4.69, 9.17) is 11.2 Å². The molecule has 0 radical (unpaired) electrons. The Labute approximate surface area is 103 Å².